The number of rotatable bonds is 8. The quantitative estimate of drug-likeness (QED) is 0.361. The third-order valence-corrected chi connectivity index (χ3v) is 7.04. The summed E-state index contributed by atoms with van der Waals surface area (Å²) in [4.78, 5) is 21.3. The van der Waals surface area contributed by atoms with E-state index in [0.29, 0.717) is 12.1 Å². The lowest BCUT2D eigenvalue weighted by Gasteiger charge is -2.13. The van der Waals surface area contributed by atoms with Gasteiger partial charge >= 0.3 is 6.03 Å². The molecule has 2 N–H and O–H groups in total. The van der Waals surface area contributed by atoms with Crippen molar-refractivity contribution in [3.63, 3.8) is 0 Å². The fourth-order valence-corrected chi connectivity index (χ4v) is 5.07. The fraction of sp³-hybridized carbons (Fsp3) is 0.192. The van der Waals surface area contributed by atoms with Crippen molar-refractivity contribution in [1.29, 1.82) is 0 Å². The van der Waals surface area contributed by atoms with Gasteiger partial charge in [0.25, 0.3) is 10.0 Å². The van der Waals surface area contributed by atoms with Crippen molar-refractivity contribution in [2.24, 2.45) is 0 Å². The molecule has 0 saturated heterocycles. The van der Waals surface area contributed by atoms with E-state index in [2.05, 4.69) is 28.4 Å². The molecule has 0 aliphatic heterocycles. The molecule has 0 bridgehead atoms. The Morgan fingerprint density at radius 2 is 1.86 bits per heavy atom. The lowest BCUT2D eigenvalue weighted by molar-refractivity contribution is 0.247. The summed E-state index contributed by atoms with van der Waals surface area (Å²) in [7, 11) is -4.07. The van der Waals surface area contributed by atoms with Crippen molar-refractivity contribution in [2.75, 3.05) is 6.54 Å². The van der Waals surface area contributed by atoms with Gasteiger partial charge in [0.15, 0.2) is 5.65 Å². The van der Waals surface area contributed by atoms with E-state index in [4.69, 9.17) is 4.98 Å². The summed E-state index contributed by atoms with van der Waals surface area (Å²) in [6.07, 6.45) is 4.04. The normalized spacial score (nSPS) is 11.4. The number of nitrogens with zero attached hydrogens (tertiary/aromatic N) is 3. The van der Waals surface area contributed by atoms with E-state index in [-0.39, 0.29) is 11.4 Å². The van der Waals surface area contributed by atoms with Crippen LogP contribution >= 0.6 is 0 Å². The van der Waals surface area contributed by atoms with Crippen molar-refractivity contribution in [3.8, 4) is 11.1 Å². The molecule has 2 heterocycles. The van der Waals surface area contributed by atoms with Crippen LogP contribution < -0.4 is 10.0 Å². The van der Waals surface area contributed by atoms with E-state index in [1.165, 1.54) is 12.1 Å². The average Bonchev–Trinajstić information content (AvgIpc) is 3.21. The van der Waals surface area contributed by atoms with E-state index >= 15 is 0 Å². The fourth-order valence-electron chi connectivity index (χ4n) is 3.91. The van der Waals surface area contributed by atoms with Crippen molar-refractivity contribution in [3.05, 3.63) is 90.4 Å². The molecule has 0 atom stereocenters. The molecule has 0 saturated carbocycles. The van der Waals surface area contributed by atoms with Gasteiger partial charge in [-0.1, -0.05) is 55.5 Å². The van der Waals surface area contributed by atoms with Crippen molar-refractivity contribution < 1.29 is 13.2 Å². The Balaban J connectivity index is 1.63. The Hall–Kier alpha value is -3.98. The number of hydrogen-bond acceptors (Lipinski definition) is 5. The molecule has 0 aliphatic carbocycles. The van der Waals surface area contributed by atoms with Crippen LogP contribution in [0.5, 0.6) is 0 Å². The second-order valence-corrected chi connectivity index (χ2v) is 9.72. The van der Waals surface area contributed by atoms with Crippen molar-refractivity contribution in [1.82, 2.24) is 24.6 Å². The lowest BCUT2D eigenvalue weighted by atomic mass is 10.0. The summed E-state index contributed by atoms with van der Waals surface area (Å²) < 4.78 is 29.9. The Kier molecular flexibility index (Phi) is 6.97. The van der Waals surface area contributed by atoms with Crippen molar-refractivity contribution in [2.45, 2.75) is 31.7 Å². The number of sulfonamides is 1. The number of aromatic nitrogens is 3. The molecule has 4 rings (SSSR count). The van der Waals surface area contributed by atoms with E-state index in [9.17, 15) is 13.2 Å². The Morgan fingerprint density at radius 1 is 1.11 bits per heavy atom. The topological polar surface area (TPSA) is 106 Å². The maximum absolute atomic E-state index is 12.9. The smallest absolute Gasteiger partial charge is 0.328 e. The molecule has 0 radical (unpaired) electrons. The first kappa shape index (κ1) is 24.2. The number of carbonyl (C=O) groups excluding carboxylic acids is 1. The van der Waals surface area contributed by atoms with Gasteiger partial charge in [0.05, 0.1) is 11.4 Å². The summed E-state index contributed by atoms with van der Waals surface area (Å²) in [5.41, 5.74) is 5.11. The predicted octanol–water partition coefficient (Wildman–Crippen LogP) is 4.19. The predicted molar refractivity (Wildman–Crippen MR) is 137 cm³/mol. The number of carbonyl (C=O) groups is 1. The van der Waals surface area contributed by atoms with E-state index in [1.54, 1.807) is 24.4 Å². The maximum Gasteiger partial charge on any atom is 0.328 e. The van der Waals surface area contributed by atoms with Gasteiger partial charge < -0.3 is 9.88 Å². The summed E-state index contributed by atoms with van der Waals surface area (Å²) >= 11 is 0. The molecular weight excluding hydrogens is 462 g/mol. The van der Waals surface area contributed by atoms with Crippen LogP contribution in [0.2, 0.25) is 0 Å². The standard InChI is InChI=1S/C26H27N5O3S/c1-4-15-28-26(32)30-35(33,34)22-9-7-6-8-21(22)20-12-10-19(11-13-20)17-31-23(5-2)29-24-18(3)14-16-27-25(24)31/h4,6-14,16H,1,5,15,17H2,2-3H3,(H2,28,30,32). The number of fused-ring (bicyclic) bond motifs is 1. The molecule has 180 valence electrons. The number of aryl methyl sites for hydroxylation is 2. The minimum Gasteiger partial charge on any atom is -0.334 e. The second-order valence-electron chi connectivity index (χ2n) is 8.07. The van der Waals surface area contributed by atoms with Gasteiger partial charge in [-0.05, 0) is 35.7 Å². The van der Waals surface area contributed by atoms with Crippen molar-refractivity contribution >= 4 is 27.2 Å². The number of hydrogen-bond donors (Lipinski definition) is 2. The minimum absolute atomic E-state index is 0.0232. The first-order valence-corrected chi connectivity index (χ1v) is 12.7. The first-order chi connectivity index (χ1) is 16.8. The molecule has 8 nitrogen and oxygen atoms in total. The van der Waals surface area contributed by atoms with Gasteiger partial charge in [-0.25, -0.2) is 27.9 Å². The molecule has 0 aliphatic rings. The molecule has 2 amide bonds. The number of benzene rings is 2. The molecule has 9 heteroatoms. The minimum atomic E-state index is -4.07. The van der Waals surface area contributed by atoms with Crippen LogP contribution in [0.4, 0.5) is 4.79 Å². The van der Waals surface area contributed by atoms with Crippen LogP contribution in [0.25, 0.3) is 22.3 Å². The number of pyridine rings is 1. The van der Waals surface area contributed by atoms with E-state index in [0.717, 1.165) is 40.1 Å². The summed E-state index contributed by atoms with van der Waals surface area (Å²) in [6, 6.07) is 15.4. The van der Waals surface area contributed by atoms with Gasteiger partial charge in [-0.3, -0.25) is 0 Å². The van der Waals surface area contributed by atoms with E-state index in [1.807, 2.05) is 42.0 Å². The van der Waals surface area contributed by atoms with Crippen LogP contribution in [-0.2, 0) is 23.0 Å². The van der Waals surface area contributed by atoms with E-state index < -0.39 is 16.1 Å². The number of amides is 2. The highest BCUT2D eigenvalue weighted by molar-refractivity contribution is 7.90. The van der Waals surface area contributed by atoms with Crippen LogP contribution in [-0.4, -0.2) is 35.5 Å². The van der Waals surface area contributed by atoms with Gasteiger partial charge in [-0.15, -0.1) is 6.58 Å². The zero-order valence-electron chi connectivity index (χ0n) is 19.7. The molecule has 0 spiro atoms. The SMILES string of the molecule is C=CCNC(=O)NS(=O)(=O)c1ccccc1-c1ccc(Cn2c(CC)nc3c(C)ccnc32)cc1. The van der Waals surface area contributed by atoms with Gasteiger partial charge in [0.2, 0.25) is 0 Å². The van der Waals surface area contributed by atoms with Crippen LogP contribution in [0.1, 0.15) is 23.9 Å². The van der Waals surface area contributed by atoms with Gasteiger partial charge in [0, 0.05) is 24.7 Å². The number of imidazole rings is 1. The largest absolute Gasteiger partial charge is 0.334 e. The van der Waals surface area contributed by atoms with Crippen LogP contribution in [0.3, 0.4) is 0 Å². The molecular formula is C26H27N5O3S. The maximum atomic E-state index is 12.9. The molecule has 4 aromatic rings. The van der Waals surface area contributed by atoms with Gasteiger partial charge in [0.1, 0.15) is 11.3 Å². The van der Waals surface area contributed by atoms with Crippen LogP contribution in [0, 0.1) is 6.92 Å². The molecule has 2 aromatic heterocycles. The summed E-state index contributed by atoms with van der Waals surface area (Å²) in [6.45, 7) is 8.35. The Bertz CT molecular complexity index is 1490. The zero-order chi connectivity index (χ0) is 25.0. The molecule has 35 heavy (non-hydrogen) atoms. The third-order valence-electron chi connectivity index (χ3n) is 5.65. The third kappa shape index (κ3) is 5.09. The first-order valence-electron chi connectivity index (χ1n) is 11.2. The highest BCUT2D eigenvalue weighted by Crippen LogP contribution is 2.28. The molecule has 0 fully saturated rings. The van der Waals surface area contributed by atoms with Gasteiger partial charge in [-0.2, -0.15) is 0 Å². The monoisotopic (exact) mass is 489 g/mol. The summed E-state index contributed by atoms with van der Waals surface area (Å²) in [5.74, 6) is 0.961. The average molecular weight is 490 g/mol. The van der Waals surface area contributed by atoms with Crippen LogP contribution in [0.15, 0.2) is 78.3 Å². The Morgan fingerprint density at radius 3 is 2.57 bits per heavy atom. The highest BCUT2D eigenvalue weighted by atomic mass is 32.2. The molecule has 0 unspecified atom stereocenters. The Labute approximate surface area is 204 Å². The lowest BCUT2D eigenvalue weighted by Crippen LogP contribution is -2.39. The zero-order valence-corrected chi connectivity index (χ0v) is 20.5. The number of nitrogens with one attached hydrogen (secondary N) is 2. The second kappa shape index (κ2) is 10.1. The molecule has 2 aromatic carbocycles. The highest BCUT2D eigenvalue weighted by Gasteiger charge is 2.21. The summed E-state index contributed by atoms with van der Waals surface area (Å²) in [5, 5.41) is 2.41. The number of urea groups is 1.